The van der Waals surface area contributed by atoms with Crippen molar-refractivity contribution in [3.8, 4) is 5.75 Å². The molecule has 1 aliphatic carbocycles. The fourth-order valence-electron chi connectivity index (χ4n) is 4.00. The molecule has 0 bridgehead atoms. The number of fused-ring (bicyclic) bond motifs is 3. The Hall–Kier alpha value is -2.82. The number of likely N-dealkylation sites (N-methyl/N-ethyl adjacent to an activating group) is 1. The van der Waals surface area contributed by atoms with Gasteiger partial charge in [-0.15, -0.1) is 0 Å². The summed E-state index contributed by atoms with van der Waals surface area (Å²) in [6.07, 6.45) is 0.764. The number of benzene rings is 2. The van der Waals surface area contributed by atoms with Crippen molar-refractivity contribution in [1.29, 1.82) is 0 Å². The van der Waals surface area contributed by atoms with Crippen LogP contribution in [0.5, 0.6) is 5.75 Å². The van der Waals surface area contributed by atoms with E-state index in [-0.39, 0.29) is 30.3 Å². The molecule has 1 saturated carbocycles. The van der Waals surface area contributed by atoms with Crippen molar-refractivity contribution in [2.45, 2.75) is 32.2 Å². The summed E-state index contributed by atoms with van der Waals surface area (Å²) >= 11 is 0. The summed E-state index contributed by atoms with van der Waals surface area (Å²) in [6, 6.07) is 17.6. The molecule has 5 heteroatoms. The Bertz CT molecular complexity index is 896. The molecule has 146 valence electrons. The lowest BCUT2D eigenvalue weighted by Gasteiger charge is -2.35. The number of hydrogen-bond donors (Lipinski definition) is 0. The molecule has 5 nitrogen and oxygen atoms in total. The first-order valence-electron chi connectivity index (χ1n) is 9.78. The van der Waals surface area contributed by atoms with E-state index in [1.165, 1.54) is 0 Å². The molecule has 2 aliphatic rings. The van der Waals surface area contributed by atoms with Gasteiger partial charge in [-0.2, -0.15) is 0 Å². The summed E-state index contributed by atoms with van der Waals surface area (Å²) in [5, 5.41) is 0. The van der Waals surface area contributed by atoms with Gasteiger partial charge >= 0.3 is 0 Å². The maximum absolute atomic E-state index is 13.5. The topological polar surface area (TPSA) is 49.9 Å². The number of hydrogen-bond acceptors (Lipinski definition) is 3. The van der Waals surface area contributed by atoms with E-state index in [0.29, 0.717) is 6.61 Å². The molecular weight excluding hydrogens is 352 g/mol. The van der Waals surface area contributed by atoms with Gasteiger partial charge in [0.15, 0.2) is 0 Å². The minimum atomic E-state index is -0.569. The molecule has 1 aliphatic heterocycles. The Morgan fingerprint density at radius 3 is 2.57 bits per heavy atom. The smallest absolute Gasteiger partial charge is 0.242 e. The second-order valence-corrected chi connectivity index (χ2v) is 8.06. The van der Waals surface area contributed by atoms with Crippen molar-refractivity contribution < 1.29 is 14.3 Å². The van der Waals surface area contributed by atoms with Gasteiger partial charge in [0.1, 0.15) is 18.9 Å². The lowest BCUT2D eigenvalue weighted by molar-refractivity contribution is -0.133. The molecule has 0 aromatic heterocycles. The number of ether oxygens (including phenoxy) is 1. The lowest BCUT2D eigenvalue weighted by atomic mass is 9.92. The third-order valence-electron chi connectivity index (χ3n) is 6.05. The van der Waals surface area contributed by atoms with Gasteiger partial charge in [0.2, 0.25) is 11.8 Å². The Labute approximate surface area is 165 Å². The molecule has 2 aromatic carbocycles. The lowest BCUT2D eigenvalue weighted by Crippen LogP contribution is -2.49. The summed E-state index contributed by atoms with van der Waals surface area (Å²) in [6.45, 7) is 4.33. The standard InChI is InChI=1S/C23H26N2O3/c1-16(2)24(3)21(26)14-25-20-12-8-7-11-18(20)19-13-23(19,22(25)27)15-28-17-9-5-4-6-10-17/h4-12,16,19H,13-15H2,1-3H3/t19-,23+/m0/s1. The molecule has 4 rings (SSSR count). The van der Waals surface area contributed by atoms with E-state index in [1.54, 1.807) is 16.8 Å². The molecule has 1 fully saturated rings. The van der Waals surface area contributed by atoms with Gasteiger partial charge < -0.3 is 14.5 Å². The first-order chi connectivity index (χ1) is 13.4. The van der Waals surface area contributed by atoms with Gasteiger partial charge in [-0.3, -0.25) is 9.59 Å². The number of anilines is 1. The van der Waals surface area contributed by atoms with Gasteiger partial charge in [-0.25, -0.2) is 0 Å². The summed E-state index contributed by atoms with van der Waals surface area (Å²) in [4.78, 5) is 29.5. The fourth-order valence-corrected chi connectivity index (χ4v) is 4.00. The molecule has 28 heavy (non-hydrogen) atoms. The average molecular weight is 378 g/mol. The molecule has 1 heterocycles. The van der Waals surface area contributed by atoms with Crippen LogP contribution in [-0.2, 0) is 9.59 Å². The first kappa shape index (κ1) is 18.5. The predicted molar refractivity (Wildman–Crippen MR) is 108 cm³/mol. The molecule has 0 saturated heterocycles. The highest BCUT2D eigenvalue weighted by Crippen LogP contribution is 2.65. The Morgan fingerprint density at radius 1 is 1.18 bits per heavy atom. The van der Waals surface area contributed by atoms with E-state index >= 15 is 0 Å². The summed E-state index contributed by atoms with van der Waals surface area (Å²) < 4.78 is 5.97. The predicted octanol–water partition coefficient (Wildman–Crippen LogP) is 3.45. The summed E-state index contributed by atoms with van der Waals surface area (Å²) in [7, 11) is 1.78. The van der Waals surface area contributed by atoms with Crippen molar-refractivity contribution in [2.75, 3.05) is 25.1 Å². The van der Waals surface area contributed by atoms with Gasteiger partial charge in [0, 0.05) is 24.7 Å². The van der Waals surface area contributed by atoms with Gasteiger partial charge in [0.25, 0.3) is 0 Å². The molecule has 0 unspecified atom stereocenters. The average Bonchev–Trinajstić information content (AvgIpc) is 3.46. The first-order valence-corrected chi connectivity index (χ1v) is 9.78. The third kappa shape index (κ3) is 3.05. The zero-order chi connectivity index (χ0) is 19.9. The number of rotatable bonds is 6. The fraction of sp³-hybridized carbons (Fsp3) is 0.391. The second-order valence-electron chi connectivity index (χ2n) is 8.06. The number of para-hydroxylation sites is 2. The van der Waals surface area contributed by atoms with Crippen LogP contribution in [0.15, 0.2) is 54.6 Å². The van der Waals surface area contributed by atoms with E-state index in [4.69, 9.17) is 4.74 Å². The third-order valence-corrected chi connectivity index (χ3v) is 6.05. The molecule has 2 atom stereocenters. The zero-order valence-corrected chi connectivity index (χ0v) is 16.6. The van der Waals surface area contributed by atoms with Gasteiger partial charge in [0.05, 0.1) is 5.41 Å². The van der Waals surface area contributed by atoms with Crippen LogP contribution >= 0.6 is 0 Å². The quantitative estimate of drug-likeness (QED) is 0.774. The Kier molecular flexibility index (Phi) is 4.61. The minimum absolute atomic E-state index is 0.00219. The van der Waals surface area contributed by atoms with Crippen LogP contribution in [0.2, 0.25) is 0 Å². The van der Waals surface area contributed by atoms with E-state index in [2.05, 4.69) is 6.07 Å². The highest BCUT2D eigenvalue weighted by atomic mass is 16.5. The van der Waals surface area contributed by atoms with Crippen molar-refractivity contribution >= 4 is 17.5 Å². The molecule has 0 spiro atoms. The zero-order valence-electron chi connectivity index (χ0n) is 16.6. The van der Waals surface area contributed by atoms with Crippen LogP contribution in [0.3, 0.4) is 0 Å². The molecule has 2 amide bonds. The minimum Gasteiger partial charge on any atom is -0.492 e. The maximum atomic E-state index is 13.5. The van der Waals surface area contributed by atoms with E-state index in [1.807, 2.05) is 62.4 Å². The van der Waals surface area contributed by atoms with Crippen LogP contribution in [0, 0.1) is 5.41 Å². The van der Waals surface area contributed by atoms with E-state index in [0.717, 1.165) is 23.4 Å². The number of nitrogens with zero attached hydrogens (tertiary/aromatic N) is 2. The molecule has 0 radical (unpaired) electrons. The largest absolute Gasteiger partial charge is 0.492 e. The van der Waals surface area contributed by atoms with E-state index < -0.39 is 5.41 Å². The van der Waals surface area contributed by atoms with Crippen LogP contribution in [0.1, 0.15) is 31.7 Å². The highest BCUT2D eigenvalue weighted by Gasteiger charge is 2.66. The highest BCUT2D eigenvalue weighted by molar-refractivity contribution is 6.07. The van der Waals surface area contributed by atoms with Crippen molar-refractivity contribution in [2.24, 2.45) is 5.41 Å². The van der Waals surface area contributed by atoms with Crippen LogP contribution in [0.4, 0.5) is 5.69 Å². The van der Waals surface area contributed by atoms with E-state index in [9.17, 15) is 9.59 Å². The monoisotopic (exact) mass is 378 g/mol. The summed E-state index contributed by atoms with van der Waals surface area (Å²) in [5.41, 5.74) is 1.43. The molecule has 2 aromatic rings. The molecule has 0 N–H and O–H groups in total. The Morgan fingerprint density at radius 2 is 1.86 bits per heavy atom. The Balaban J connectivity index is 1.60. The van der Waals surface area contributed by atoms with Crippen molar-refractivity contribution in [1.82, 2.24) is 4.90 Å². The van der Waals surface area contributed by atoms with Crippen molar-refractivity contribution in [3.63, 3.8) is 0 Å². The number of carbonyl (C=O) groups excluding carboxylic acids is 2. The van der Waals surface area contributed by atoms with Crippen LogP contribution in [-0.4, -0.2) is 43.0 Å². The summed E-state index contributed by atoms with van der Waals surface area (Å²) in [5.74, 6) is 0.861. The van der Waals surface area contributed by atoms with Crippen LogP contribution < -0.4 is 9.64 Å². The number of carbonyl (C=O) groups is 2. The van der Waals surface area contributed by atoms with Gasteiger partial charge in [-0.1, -0.05) is 36.4 Å². The molecular formula is C23H26N2O3. The van der Waals surface area contributed by atoms with Crippen LogP contribution in [0.25, 0.3) is 0 Å². The normalized spacial score (nSPS) is 22.5. The van der Waals surface area contributed by atoms with Gasteiger partial charge in [-0.05, 0) is 44.0 Å². The second kappa shape index (κ2) is 6.97. The van der Waals surface area contributed by atoms with Crippen molar-refractivity contribution in [3.05, 3.63) is 60.2 Å². The maximum Gasteiger partial charge on any atom is 0.242 e. The SMILES string of the molecule is CC(C)N(C)C(=O)CN1C(=O)[C@@]2(COc3ccccc3)C[C@H]2c2ccccc21. The number of amides is 2.